The molecule has 0 bridgehead atoms. The van der Waals surface area contributed by atoms with Crippen LogP contribution in [0.3, 0.4) is 0 Å². The summed E-state index contributed by atoms with van der Waals surface area (Å²) < 4.78 is 26.1. The topological polar surface area (TPSA) is 173 Å². The van der Waals surface area contributed by atoms with Crippen LogP contribution < -0.4 is 0 Å². The third kappa shape index (κ3) is 229000. The summed E-state index contributed by atoms with van der Waals surface area (Å²) in [6, 6.07) is 0. The average Bonchev–Trinajstić information content (AvgIpc) is 1.54. The molecule has 0 atom stereocenters. The Morgan fingerprint density at radius 1 is 0.500 bits per heavy atom. The SMILES string of the molecule is O=[P+](O)O.O=[P+](O)O.O=[P+](O)O. The van der Waals surface area contributed by atoms with E-state index in [0.29, 0.717) is 0 Å². The van der Waals surface area contributed by atoms with Gasteiger partial charge < -0.3 is 0 Å². The maximum Gasteiger partial charge on any atom is 0.692 e. The minimum Gasteiger partial charge on any atom is -0.134 e. The zero-order valence-corrected chi connectivity index (χ0v) is 7.93. The molecule has 72 valence electrons. The molecule has 0 aliphatic carbocycles. The zero-order chi connectivity index (χ0) is 10.7. The van der Waals surface area contributed by atoms with E-state index in [1.807, 2.05) is 0 Å². The number of hydrogen-bond acceptors (Lipinski definition) is 3. The molecule has 0 saturated heterocycles. The summed E-state index contributed by atoms with van der Waals surface area (Å²) in [6.07, 6.45) is 0. The van der Waals surface area contributed by atoms with Crippen LogP contribution >= 0.6 is 24.8 Å². The quantitative estimate of drug-likeness (QED) is 0.288. The predicted molar refractivity (Wildman–Crippen MR) is 36.1 cm³/mol. The van der Waals surface area contributed by atoms with Crippen molar-refractivity contribution in [3.05, 3.63) is 0 Å². The van der Waals surface area contributed by atoms with Crippen LogP contribution in [0.25, 0.3) is 0 Å². The third-order valence-corrected chi connectivity index (χ3v) is 0. The lowest BCUT2D eigenvalue weighted by atomic mass is 15.8. The van der Waals surface area contributed by atoms with Crippen molar-refractivity contribution >= 4 is 24.8 Å². The van der Waals surface area contributed by atoms with Crippen molar-refractivity contribution in [2.75, 3.05) is 0 Å². The predicted octanol–water partition coefficient (Wildman–Crippen LogP) is -1.11. The molecule has 0 heterocycles. The maximum absolute atomic E-state index is 8.70. The zero-order valence-electron chi connectivity index (χ0n) is 5.25. The van der Waals surface area contributed by atoms with Gasteiger partial charge in [0.2, 0.25) is 0 Å². The Kier molecular flexibility index (Phi) is 20.4. The van der Waals surface area contributed by atoms with Crippen molar-refractivity contribution in [1.82, 2.24) is 0 Å². The molecule has 0 aromatic heterocycles. The average molecular weight is 243 g/mol. The van der Waals surface area contributed by atoms with Gasteiger partial charge in [-0.15, -0.1) is 29.4 Å². The molecule has 0 rings (SSSR count). The maximum atomic E-state index is 8.70. The number of rotatable bonds is 0. The van der Waals surface area contributed by atoms with Crippen LogP contribution in [-0.4, -0.2) is 29.4 Å². The molecule has 0 fully saturated rings. The Hall–Kier alpha value is 0.0600. The van der Waals surface area contributed by atoms with Crippen LogP contribution in [0.1, 0.15) is 0 Å². The fraction of sp³-hybridized carbons (Fsp3) is 0. The van der Waals surface area contributed by atoms with E-state index in [0.717, 1.165) is 0 Å². The Labute approximate surface area is 68.8 Å². The normalized spacial score (nSPS) is 6.50. The van der Waals surface area contributed by atoms with Gasteiger partial charge in [-0.3, -0.25) is 0 Å². The molecule has 9 nitrogen and oxygen atoms in total. The first-order valence-corrected chi connectivity index (χ1v) is 5.24. The van der Waals surface area contributed by atoms with Crippen molar-refractivity contribution < 1.29 is 43.1 Å². The standard InChI is InChI=1S/3HO3P/c3*1-4(2)3/h3*(H-,1,2,3)/p+3. The fourth-order valence-corrected chi connectivity index (χ4v) is 0. The summed E-state index contributed by atoms with van der Waals surface area (Å²) in [7, 11) is -8.61. The smallest absolute Gasteiger partial charge is 0.134 e. The van der Waals surface area contributed by atoms with E-state index in [1.54, 1.807) is 0 Å². The van der Waals surface area contributed by atoms with Crippen LogP contribution in [-0.2, 0) is 13.7 Å². The van der Waals surface area contributed by atoms with Crippen molar-refractivity contribution in [1.29, 1.82) is 0 Å². The lowest BCUT2D eigenvalue weighted by molar-refractivity contribution is 0.403. The summed E-state index contributed by atoms with van der Waals surface area (Å²) in [5, 5.41) is 0. The second-order valence-electron chi connectivity index (χ2n) is 0.758. The molecular formula is H6O9P3+3. The molecule has 6 N–H and O–H groups in total. The highest BCUT2D eigenvalue weighted by atomic mass is 31.1. The minimum absolute atomic E-state index is 2.87. The van der Waals surface area contributed by atoms with E-state index >= 15 is 0 Å². The minimum atomic E-state index is -2.87. The van der Waals surface area contributed by atoms with Crippen LogP contribution in [0.15, 0.2) is 0 Å². The van der Waals surface area contributed by atoms with Gasteiger partial charge in [-0.2, -0.15) is 0 Å². The lowest BCUT2D eigenvalue weighted by Crippen LogP contribution is -1.38. The highest BCUT2D eigenvalue weighted by Gasteiger charge is 1.93. The molecule has 0 aromatic rings. The van der Waals surface area contributed by atoms with Gasteiger partial charge in [0.25, 0.3) is 0 Å². The summed E-state index contributed by atoms with van der Waals surface area (Å²) >= 11 is 0. The van der Waals surface area contributed by atoms with E-state index in [4.69, 9.17) is 43.1 Å². The van der Waals surface area contributed by atoms with Gasteiger partial charge >= 0.3 is 24.8 Å². The Morgan fingerprint density at radius 3 is 0.500 bits per heavy atom. The van der Waals surface area contributed by atoms with Gasteiger partial charge in [-0.05, 0) is 0 Å². The fourth-order valence-electron chi connectivity index (χ4n) is 0. The van der Waals surface area contributed by atoms with Crippen molar-refractivity contribution in [2.45, 2.75) is 0 Å². The molecule has 0 radical (unpaired) electrons. The monoisotopic (exact) mass is 243 g/mol. The van der Waals surface area contributed by atoms with Crippen molar-refractivity contribution in [2.24, 2.45) is 0 Å². The molecule has 12 heavy (non-hydrogen) atoms. The van der Waals surface area contributed by atoms with Gasteiger partial charge in [0.05, 0.1) is 0 Å². The molecule has 0 aliphatic rings. The third-order valence-electron chi connectivity index (χ3n) is 0. The summed E-state index contributed by atoms with van der Waals surface area (Å²) in [6.45, 7) is 0. The van der Waals surface area contributed by atoms with Crippen LogP contribution in [0.5, 0.6) is 0 Å². The van der Waals surface area contributed by atoms with Crippen molar-refractivity contribution in [3.63, 3.8) is 0 Å². The van der Waals surface area contributed by atoms with E-state index in [-0.39, 0.29) is 0 Å². The van der Waals surface area contributed by atoms with Crippen LogP contribution in [0, 0.1) is 0 Å². The number of hydrogen-bond donors (Lipinski definition) is 6. The molecule has 0 spiro atoms. The van der Waals surface area contributed by atoms with E-state index < -0.39 is 24.8 Å². The molecule has 0 unspecified atom stereocenters. The van der Waals surface area contributed by atoms with Gasteiger partial charge in [0.1, 0.15) is 0 Å². The molecule has 12 heteroatoms. The molecular weight excluding hydrogens is 237 g/mol. The largest absolute Gasteiger partial charge is 0.692 e. The Bertz CT molecular complexity index is 107. The summed E-state index contributed by atoms with van der Waals surface area (Å²) in [4.78, 5) is 42.7. The van der Waals surface area contributed by atoms with Crippen molar-refractivity contribution in [3.8, 4) is 0 Å². The first-order valence-electron chi connectivity index (χ1n) is 1.75. The molecule has 0 aliphatic heterocycles. The van der Waals surface area contributed by atoms with Gasteiger partial charge in [0.15, 0.2) is 0 Å². The van der Waals surface area contributed by atoms with Gasteiger partial charge in [0, 0.05) is 13.7 Å². The molecule has 0 saturated carbocycles. The first kappa shape index (κ1) is 18.0. The van der Waals surface area contributed by atoms with Gasteiger partial charge in [-0.25, -0.2) is 0 Å². The first-order chi connectivity index (χ1) is 5.20. The lowest BCUT2D eigenvalue weighted by Gasteiger charge is -1.34. The van der Waals surface area contributed by atoms with E-state index in [1.165, 1.54) is 0 Å². The Morgan fingerprint density at radius 2 is 0.500 bits per heavy atom. The van der Waals surface area contributed by atoms with Crippen LogP contribution in [0.2, 0.25) is 0 Å². The Balaban J connectivity index is -0.000000101. The van der Waals surface area contributed by atoms with Crippen LogP contribution in [0.4, 0.5) is 0 Å². The summed E-state index contributed by atoms with van der Waals surface area (Å²) in [5.74, 6) is 0. The second kappa shape index (κ2) is 13.6. The van der Waals surface area contributed by atoms with Gasteiger partial charge in [-0.1, -0.05) is 0 Å². The van der Waals surface area contributed by atoms with E-state index in [2.05, 4.69) is 0 Å². The van der Waals surface area contributed by atoms with E-state index in [9.17, 15) is 0 Å². The summed E-state index contributed by atoms with van der Waals surface area (Å²) in [5.41, 5.74) is 0. The second-order valence-corrected chi connectivity index (χ2v) is 2.27. The highest BCUT2D eigenvalue weighted by Crippen LogP contribution is 1.99. The molecule has 0 amide bonds. The molecule has 0 aromatic carbocycles. The highest BCUT2D eigenvalue weighted by molar-refractivity contribution is 7.31.